The summed E-state index contributed by atoms with van der Waals surface area (Å²) in [6, 6.07) is 3.70. The van der Waals surface area contributed by atoms with E-state index < -0.39 is 17.8 Å². The van der Waals surface area contributed by atoms with Crippen LogP contribution in [0.5, 0.6) is 0 Å². The number of hydrogen-bond acceptors (Lipinski definition) is 3. The highest BCUT2D eigenvalue weighted by Gasteiger charge is 2.37. The number of hydrogen-bond donors (Lipinski definition) is 1. The summed E-state index contributed by atoms with van der Waals surface area (Å²) in [5.74, 6) is -0.362. The van der Waals surface area contributed by atoms with E-state index in [4.69, 9.17) is 4.42 Å². The van der Waals surface area contributed by atoms with Crippen molar-refractivity contribution in [1.29, 1.82) is 0 Å². The van der Waals surface area contributed by atoms with Gasteiger partial charge >= 0.3 is 5.97 Å². The minimum atomic E-state index is -0.856. The summed E-state index contributed by atoms with van der Waals surface area (Å²) in [7, 11) is 1.70. The van der Waals surface area contributed by atoms with Gasteiger partial charge in [0.1, 0.15) is 11.5 Å². The Morgan fingerprint density at radius 2 is 1.95 bits per heavy atom. The third kappa shape index (κ3) is 3.21. The Bertz CT molecular complexity index is 494. The second kappa shape index (κ2) is 6.11. The molecule has 1 aliphatic rings. The van der Waals surface area contributed by atoms with E-state index in [2.05, 4.69) is 0 Å². The first-order valence-corrected chi connectivity index (χ1v) is 7.02. The summed E-state index contributed by atoms with van der Waals surface area (Å²) in [4.78, 5) is 25.3. The predicted octanol–water partition coefficient (Wildman–Crippen LogP) is 2.44. The quantitative estimate of drug-likeness (QED) is 0.919. The van der Waals surface area contributed by atoms with Crippen molar-refractivity contribution in [3.8, 4) is 0 Å². The van der Waals surface area contributed by atoms with Crippen LogP contribution in [0, 0.1) is 18.8 Å². The Morgan fingerprint density at radius 1 is 1.30 bits per heavy atom. The fraction of sp³-hybridized carbons (Fsp3) is 0.600. The molecule has 0 aromatic carbocycles. The number of carbonyl (C=O) groups is 2. The van der Waals surface area contributed by atoms with Crippen LogP contribution in [-0.4, -0.2) is 28.9 Å². The summed E-state index contributed by atoms with van der Waals surface area (Å²) in [6.45, 7) is 2.24. The molecule has 0 spiro atoms. The van der Waals surface area contributed by atoms with Crippen LogP contribution in [0.1, 0.15) is 37.2 Å². The molecule has 5 nitrogen and oxygen atoms in total. The molecule has 0 saturated heterocycles. The number of aryl methyl sites for hydroxylation is 1. The predicted molar refractivity (Wildman–Crippen MR) is 73.0 cm³/mol. The Hall–Kier alpha value is -1.78. The summed E-state index contributed by atoms with van der Waals surface area (Å²) in [5, 5.41) is 9.24. The molecular formula is C15H21NO4. The molecule has 20 heavy (non-hydrogen) atoms. The highest BCUT2D eigenvalue weighted by atomic mass is 16.4. The number of carboxylic acid groups (broad SMARTS) is 1. The Morgan fingerprint density at radius 3 is 2.50 bits per heavy atom. The summed E-state index contributed by atoms with van der Waals surface area (Å²) in [6.07, 6.45) is 3.08. The summed E-state index contributed by atoms with van der Waals surface area (Å²) >= 11 is 0. The van der Waals surface area contributed by atoms with Crippen molar-refractivity contribution in [3.05, 3.63) is 23.7 Å². The lowest BCUT2D eigenvalue weighted by Crippen LogP contribution is -2.40. The fourth-order valence-corrected chi connectivity index (χ4v) is 2.89. The van der Waals surface area contributed by atoms with E-state index >= 15 is 0 Å². The minimum Gasteiger partial charge on any atom is -0.481 e. The number of rotatable bonds is 4. The zero-order chi connectivity index (χ0) is 14.7. The molecule has 1 N–H and O–H groups in total. The van der Waals surface area contributed by atoms with Crippen molar-refractivity contribution in [3.63, 3.8) is 0 Å². The normalized spacial score (nSPS) is 22.5. The van der Waals surface area contributed by atoms with Crippen molar-refractivity contribution in [2.24, 2.45) is 11.8 Å². The van der Waals surface area contributed by atoms with Gasteiger partial charge in [-0.3, -0.25) is 9.59 Å². The second-order valence-electron chi connectivity index (χ2n) is 5.54. The molecule has 0 aliphatic heterocycles. The van der Waals surface area contributed by atoms with Crippen LogP contribution >= 0.6 is 0 Å². The fourth-order valence-electron chi connectivity index (χ4n) is 2.89. The number of carboxylic acids is 1. The molecule has 1 aliphatic carbocycles. The number of amides is 1. The van der Waals surface area contributed by atoms with Gasteiger partial charge in [-0.15, -0.1) is 0 Å². The van der Waals surface area contributed by atoms with Crippen LogP contribution in [0.25, 0.3) is 0 Å². The maximum Gasteiger partial charge on any atom is 0.307 e. The Kier molecular flexibility index (Phi) is 4.47. The molecule has 1 saturated carbocycles. The SMILES string of the molecule is Cc1ccc(CN(C)C(=O)C2CCCCC2C(=O)O)o1. The molecule has 1 aromatic rings. The summed E-state index contributed by atoms with van der Waals surface area (Å²) < 4.78 is 5.46. The van der Waals surface area contributed by atoms with Crippen LogP contribution < -0.4 is 0 Å². The van der Waals surface area contributed by atoms with Crippen molar-refractivity contribution < 1.29 is 19.1 Å². The molecule has 1 aromatic heterocycles. The molecule has 0 bridgehead atoms. The average molecular weight is 279 g/mol. The van der Waals surface area contributed by atoms with Crippen LogP contribution in [0.15, 0.2) is 16.5 Å². The van der Waals surface area contributed by atoms with Gasteiger partial charge in [-0.1, -0.05) is 12.8 Å². The first-order chi connectivity index (χ1) is 9.49. The highest BCUT2D eigenvalue weighted by Crippen LogP contribution is 2.31. The van der Waals surface area contributed by atoms with Crippen LogP contribution in [0.4, 0.5) is 0 Å². The van der Waals surface area contributed by atoms with Crippen LogP contribution in [-0.2, 0) is 16.1 Å². The molecule has 2 rings (SSSR count). The van der Waals surface area contributed by atoms with Gasteiger partial charge in [0.15, 0.2) is 0 Å². The van der Waals surface area contributed by atoms with Gasteiger partial charge in [0.2, 0.25) is 5.91 Å². The van der Waals surface area contributed by atoms with Crippen molar-refractivity contribution in [1.82, 2.24) is 4.90 Å². The zero-order valence-corrected chi connectivity index (χ0v) is 12.0. The van der Waals surface area contributed by atoms with E-state index in [1.165, 1.54) is 0 Å². The first kappa shape index (κ1) is 14.6. The van der Waals surface area contributed by atoms with Crippen molar-refractivity contribution >= 4 is 11.9 Å². The summed E-state index contributed by atoms with van der Waals surface area (Å²) in [5.41, 5.74) is 0. The number of nitrogens with zero attached hydrogens (tertiary/aromatic N) is 1. The van der Waals surface area contributed by atoms with E-state index in [1.54, 1.807) is 11.9 Å². The van der Waals surface area contributed by atoms with Crippen molar-refractivity contribution in [2.45, 2.75) is 39.2 Å². The van der Waals surface area contributed by atoms with Gasteiger partial charge in [0.25, 0.3) is 0 Å². The van der Waals surface area contributed by atoms with Crippen molar-refractivity contribution in [2.75, 3.05) is 7.05 Å². The average Bonchev–Trinajstić information content (AvgIpc) is 2.83. The second-order valence-corrected chi connectivity index (χ2v) is 5.54. The van der Waals surface area contributed by atoms with Gasteiger partial charge in [-0.05, 0) is 31.9 Å². The molecule has 2 atom stereocenters. The van der Waals surface area contributed by atoms with Gasteiger partial charge < -0.3 is 14.4 Å². The van der Waals surface area contributed by atoms with Gasteiger partial charge in [-0.25, -0.2) is 0 Å². The molecule has 1 heterocycles. The third-order valence-corrected chi connectivity index (χ3v) is 3.97. The van der Waals surface area contributed by atoms with Crippen LogP contribution in [0.2, 0.25) is 0 Å². The zero-order valence-electron chi connectivity index (χ0n) is 12.0. The van der Waals surface area contributed by atoms with E-state index in [0.717, 1.165) is 24.4 Å². The van der Waals surface area contributed by atoms with Gasteiger partial charge in [0.05, 0.1) is 18.4 Å². The smallest absolute Gasteiger partial charge is 0.307 e. The molecule has 110 valence electrons. The largest absolute Gasteiger partial charge is 0.481 e. The van der Waals surface area contributed by atoms with E-state index in [9.17, 15) is 14.7 Å². The number of carbonyl (C=O) groups excluding carboxylic acids is 1. The molecule has 1 fully saturated rings. The number of furan rings is 1. The Balaban J connectivity index is 2.02. The third-order valence-electron chi connectivity index (χ3n) is 3.97. The van der Waals surface area contributed by atoms with E-state index in [-0.39, 0.29) is 5.91 Å². The lowest BCUT2D eigenvalue weighted by Gasteiger charge is -2.30. The maximum absolute atomic E-state index is 12.4. The van der Waals surface area contributed by atoms with Crippen LogP contribution in [0.3, 0.4) is 0 Å². The standard InChI is InChI=1S/C15H21NO4/c1-10-7-8-11(20-10)9-16(2)14(17)12-5-3-4-6-13(12)15(18)19/h7-8,12-13H,3-6,9H2,1-2H3,(H,18,19). The molecule has 5 heteroatoms. The lowest BCUT2D eigenvalue weighted by atomic mass is 9.78. The first-order valence-electron chi connectivity index (χ1n) is 7.02. The molecule has 2 unspecified atom stereocenters. The lowest BCUT2D eigenvalue weighted by molar-refractivity contribution is -0.152. The Labute approximate surface area is 118 Å². The topological polar surface area (TPSA) is 70.8 Å². The molecular weight excluding hydrogens is 258 g/mol. The maximum atomic E-state index is 12.4. The molecule has 0 radical (unpaired) electrons. The van der Waals surface area contributed by atoms with E-state index in [0.29, 0.717) is 19.4 Å². The number of aliphatic carboxylic acids is 1. The van der Waals surface area contributed by atoms with Gasteiger partial charge in [-0.2, -0.15) is 0 Å². The molecule has 1 amide bonds. The van der Waals surface area contributed by atoms with E-state index in [1.807, 2.05) is 19.1 Å². The monoisotopic (exact) mass is 279 g/mol. The minimum absolute atomic E-state index is 0.0915. The van der Waals surface area contributed by atoms with Gasteiger partial charge in [0, 0.05) is 7.05 Å². The highest BCUT2D eigenvalue weighted by molar-refractivity contribution is 5.84.